The topological polar surface area (TPSA) is 83.7 Å². The van der Waals surface area contributed by atoms with Gasteiger partial charge >= 0.3 is 5.97 Å². The normalized spacial score (nSPS) is 12.6. The number of carboxylic acid groups (broad SMARTS) is 1. The summed E-state index contributed by atoms with van der Waals surface area (Å²) in [6.07, 6.45) is 1.77. The van der Waals surface area contributed by atoms with Crippen LogP contribution in [0.15, 0.2) is 18.3 Å². The lowest BCUT2D eigenvalue weighted by atomic mass is 10.0. The van der Waals surface area contributed by atoms with Crippen LogP contribution in [0.4, 0.5) is 0 Å². The molecule has 112 valence electrons. The van der Waals surface area contributed by atoms with Gasteiger partial charge < -0.3 is 10.4 Å². The monoisotopic (exact) mass is 289 g/mol. The summed E-state index contributed by atoms with van der Waals surface area (Å²) in [7, 11) is 0. The molecule has 0 aromatic carbocycles. The number of rotatable bonds is 4. The molecule has 0 aliphatic heterocycles. The van der Waals surface area contributed by atoms with E-state index in [2.05, 4.69) is 10.3 Å². The Morgan fingerprint density at radius 1 is 1.33 bits per heavy atom. The third-order valence-electron chi connectivity index (χ3n) is 3.39. The van der Waals surface area contributed by atoms with Crippen LogP contribution in [0, 0.1) is 19.8 Å². The second-order valence-electron chi connectivity index (χ2n) is 5.51. The van der Waals surface area contributed by atoms with Crippen molar-refractivity contribution in [1.82, 2.24) is 14.7 Å². The Balaban J connectivity index is 2.39. The summed E-state index contributed by atoms with van der Waals surface area (Å²) in [6, 6.07) is 2.83. The number of aromatic nitrogens is 2. The average Bonchev–Trinajstić information content (AvgIpc) is 2.69. The van der Waals surface area contributed by atoms with E-state index in [1.54, 1.807) is 31.4 Å². The minimum absolute atomic E-state index is 0.201. The van der Waals surface area contributed by atoms with Crippen LogP contribution >= 0.6 is 0 Å². The maximum atomic E-state index is 12.4. The molecule has 6 heteroatoms. The summed E-state index contributed by atoms with van der Waals surface area (Å²) in [6.45, 7) is 7.19. The third-order valence-corrected chi connectivity index (χ3v) is 3.39. The number of imidazole rings is 1. The number of carbonyl (C=O) groups is 2. The number of fused-ring (bicyclic) bond motifs is 1. The molecule has 0 aliphatic carbocycles. The molecule has 1 unspecified atom stereocenters. The molecule has 2 aromatic heterocycles. The molecule has 0 radical (unpaired) electrons. The smallest absolute Gasteiger partial charge is 0.326 e. The Morgan fingerprint density at radius 2 is 2.00 bits per heavy atom. The van der Waals surface area contributed by atoms with Gasteiger partial charge in [-0.15, -0.1) is 0 Å². The van der Waals surface area contributed by atoms with Gasteiger partial charge in [-0.05, 0) is 37.5 Å². The van der Waals surface area contributed by atoms with Crippen LogP contribution in [0.3, 0.4) is 0 Å². The number of hydrogen-bond donors (Lipinski definition) is 2. The second kappa shape index (κ2) is 5.55. The molecular formula is C15H19N3O3. The lowest BCUT2D eigenvalue weighted by molar-refractivity contribution is -0.140. The number of nitrogens with one attached hydrogen (secondary N) is 1. The molecule has 0 saturated heterocycles. The molecule has 0 aliphatic rings. The van der Waals surface area contributed by atoms with Crippen molar-refractivity contribution in [3.8, 4) is 0 Å². The molecule has 0 bridgehead atoms. The molecule has 1 atom stereocenters. The van der Waals surface area contributed by atoms with Crippen LogP contribution < -0.4 is 5.32 Å². The standard InChI is InChI=1S/C15H19N3O3/c1-8(2)12(15(20)21)17-14(19)13-10(4)16-11-7-9(3)5-6-18(11)13/h5-8,12H,1-4H3,(H,17,19)(H,20,21). The van der Waals surface area contributed by atoms with E-state index < -0.39 is 17.9 Å². The van der Waals surface area contributed by atoms with Gasteiger partial charge in [-0.1, -0.05) is 13.8 Å². The molecule has 0 saturated carbocycles. The highest BCUT2D eigenvalue weighted by atomic mass is 16.4. The van der Waals surface area contributed by atoms with Gasteiger partial charge in [0.25, 0.3) is 5.91 Å². The van der Waals surface area contributed by atoms with Gasteiger partial charge in [0.05, 0.1) is 5.69 Å². The lowest BCUT2D eigenvalue weighted by Gasteiger charge is -2.17. The van der Waals surface area contributed by atoms with E-state index in [4.69, 9.17) is 0 Å². The lowest BCUT2D eigenvalue weighted by Crippen LogP contribution is -2.44. The number of aryl methyl sites for hydroxylation is 2. The molecule has 21 heavy (non-hydrogen) atoms. The predicted molar refractivity (Wildman–Crippen MR) is 78.4 cm³/mol. The van der Waals surface area contributed by atoms with Gasteiger partial charge in [0.15, 0.2) is 0 Å². The summed E-state index contributed by atoms with van der Waals surface area (Å²) in [5.41, 5.74) is 2.67. The minimum Gasteiger partial charge on any atom is -0.480 e. The van der Waals surface area contributed by atoms with E-state index in [9.17, 15) is 14.7 Å². The zero-order valence-electron chi connectivity index (χ0n) is 12.5. The van der Waals surface area contributed by atoms with Crippen LogP contribution in [0.2, 0.25) is 0 Å². The fourth-order valence-electron chi connectivity index (χ4n) is 2.26. The van der Waals surface area contributed by atoms with E-state index in [1.807, 2.05) is 19.1 Å². The van der Waals surface area contributed by atoms with Crippen LogP contribution in [0.25, 0.3) is 5.65 Å². The molecule has 6 nitrogen and oxygen atoms in total. The van der Waals surface area contributed by atoms with E-state index in [0.29, 0.717) is 17.0 Å². The highest BCUT2D eigenvalue weighted by Gasteiger charge is 2.26. The highest BCUT2D eigenvalue weighted by Crippen LogP contribution is 2.14. The molecule has 2 heterocycles. The summed E-state index contributed by atoms with van der Waals surface area (Å²) in [5.74, 6) is -1.67. The molecule has 1 amide bonds. The van der Waals surface area contributed by atoms with E-state index in [0.717, 1.165) is 5.56 Å². The van der Waals surface area contributed by atoms with Crippen LogP contribution in [0.1, 0.15) is 35.6 Å². The second-order valence-corrected chi connectivity index (χ2v) is 5.51. The van der Waals surface area contributed by atoms with Gasteiger partial charge in [0.1, 0.15) is 17.4 Å². The molecular weight excluding hydrogens is 270 g/mol. The van der Waals surface area contributed by atoms with E-state index in [-0.39, 0.29) is 5.92 Å². The summed E-state index contributed by atoms with van der Waals surface area (Å²) < 4.78 is 1.68. The van der Waals surface area contributed by atoms with Crippen molar-refractivity contribution >= 4 is 17.5 Å². The van der Waals surface area contributed by atoms with Crippen molar-refractivity contribution in [3.63, 3.8) is 0 Å². The third kappa shape index (κ3) is 2.89. The van der Waals surface area contributed by atoms with Crippen molar-refractivity contribution in [2.45, 2.75) is 33.7 Å². The van der Waals surface area contributed by atoms with Crippen molar-refractivity contribution in [2.24, 2.45) is 5.92 Å². The van der Waals surface area contributed by atoms with Gasteiger partial charge in [0, 0.05) is 6.20 Å². The van der Waals surface area contributed by atoms with Gasteiger partial charge in [0.2, 0.25) is 0 Å². The predicted octanol–water partition coefficient (Wildman–Crippen LogP) is 1.79. The largest absolute Gasteiger partial charge is 0.480 e. The zero-order valence-corrected chi connectivity index (χ0v) is 12.5. The molecule has 0 fully saturated rings. The van der Waals surface area contributed by atoms with Crippen LogP contribution in [-0.2, 0) is 4.79 Å². The fourth-order valence-corrected chi connectivity index (χ4v) is 2.26. The van der Waals surface area contributed by atoms with Gasteiger partial charge in [-0.3, -0.25) is 9.20 Å². The van der Waals surface area contributed by atoms with E-state index >= 15 is 0 Å². The first-order chi connectivity index (χ1) is 9.81. The number of carbonyl (C=O) groups excluding carboxylic acids is 1. The Kier molecular flexibility index (Phi) is 3.97. The Bertz CT molecular complexity index is 703. The summed E-state index contributed by atoms with van der Waals surface area (Å²) in [4.78, 5) is 28.0. The van der Waals surface area contributed by atoms with E-state index in [1.165, 1.54) is 0 Å². The first-order valence-electron chi connectivity index (χ1n) is 6.80. The number of carboxylic acids is 1. The van der Waals surface area contributed by atoms with Crippen molar-refractivity contribution in [1.29, 1.82) is 0 Å². The molecule has 0 spiro atoms. The number of amides is 1. The number of pyridine rings is 1. The Morgan fingerprint density at radius 3 is 2.57 bits per heavy atom. The number of nitrogens with zero attached hydrogens (tertiary/aromatic N) is 2. The van der Waals surface area contributed by atoms with Gasteiger partial charge in [-0.2, -0.15) is 0 Å². The molecule has 2 aromatic rings. The number of hydrogen-bond acceptors (Lipinski definition) is 3. The summed E-state index contributed by atoms with van der Waals surface area (Å²) in [5, 5.41) is 11.7. The Labute approximate surface area is 122 Å². The SMILES string of the molecule is Cc1ccn2c(C(=O)NC(C(=O)O)C(C)C)c(C)nc2c1. The highest BCUT2D eigenvalue weighted by molar-refractivity contribution is 5.97. The Hall–Kier alpha value is -2.37. The fraction of sp³-hybridized carbons (Fsp3) is 0.400. The van der Waals surface area contributed by atoms with Crippen molar-refractivity contribution in [2.75, 3.05) is 0 Å². The molecule has 2 rings (SSSR count). The van der Waals surface area contributed by atoms with Crippen LogP contribution in [0.5, 0.6) is 0 Å². The van der Waals surface area contributed by atoms with Crippen LogP contribution in [-0.4, -0.2) is 32.4 Å². The number of aliphatic carboxylic acids is 1. The zero-order chi connectivity index (χ0) is 15.7. The molecule has 2 N–H and O–H groups in total. The van der Waals surface area contributed by atoms with Crippen molar-refractivity contribution < 1.29 is 14.7 Å². The summed E-state index contributed by atoms with van der Waals surface area (Å²) >= 11 is 0. The first kappa shape index (κ1) is 15.0. The van der Waals surface area contributed by atoms with Gasteiger partial charge in [-0.25, -0.2) is 9.78 Å². The maximum Gasteiger partial charge on any atom is 0.326 e. The average molecular weight is 289 g/mol. The quantitative estimate of drug-likeness (QED) is 0.898. The van der Waals surface area contributed by atoms with Crippen molar-refractivity contribution in [3.05, 3.63) is 35.3 Å². The first-order valence-corrected chi connectivity index (χ1v) is 6.80. The maximum absolute atomic E-state index is 12.4. The minimum atomic E-state index is -1.04.